The third kappa shape index (κ3) is 2.11. The Bertz CT molecular complexity index is 634. The van der Waals surface area contributed by atoms with E-state index in [9.17, 15) is 9.00 Å². The summed E-state index contributed by atoms with van der Waals surface area (Å²) in [4.78, 5) is 11.8. The van der Waals surface area contributed by atoms with Crippen LogP contribution in [0.25, 0.3) is 0 Å². The Labute approximate surface area is 142 Å². The van der Waals surface area contributed by atoms with Gasteiger partial charge in [-0.25, -0.2) is 0 Å². The van der Waals surface area contributed by atoms with Crippen LogP contribution in [0.4, 0.5) is 0 Å². The Kier molecular flexibility index (Phi) is 3.54. The lowest BCUT2D eigenvalue weighted by molar-refractivity contribution is -0.111. The van der Waals surface area contributed by atoms with Crippen LogP contribution in [0.15, 0.2) is 23.8 Å². The van der Waals surface area contributed by atoms with Crippen LogP contribution >= 0.6 is 0 Å². The van der Waals surface area contributed by atoms with Gasteiger partial charge in [-0.15, -0.1) is 0 Å². The number of allylic oxidation sites excluding steroid dienone is 4. The third-order valence-electron chi connectivity index (χ3n) is 7.87. The maximum atomic E-state index is 12.2. The van der Waals surface area contributed by atoms with Crippen molar-refractivity contribution in [2.75, 3.05) is 6.26 Å². The van der Waals surface area contributed by atoms with Crippen LogP contribution < -0.4 is 0 Å². The van der Waals surface area contributed by atoms with Crippen LogP contribution in [0.3, 0.4) is 0 Å². The highest BCUT2D eigenvalue weighted by Crippen LogP contribution is 2.65. The van der Waals surface area contributed by atoms with Gasteiger partial charge in [0.15, 0.2) is 5.78 Å². The van der Waals surface area contributed by atoms with Crippen LogP contribution in [0.1, 0.15) is 52.4 Å². The highest BCUT2D eigenvalue weighted by molar-refractivity contribution is 7.85. The lowest BCUT2D eigenvalue weighted by Gasteiger charge is -2.56. The number of hydrogen-bond acceptors (Lipinski definition) is 2. The second-order valence-corrected chi connectivity index (χ2v) is 10.3. The smallest absolute Gasteiger partial charge is 0.178 e. The summed E-state index contributed by atoms with van der Waals surface area (Å²) in [5.74, 6) is 2.29. The van der Waals surface area contributed by atoms with Crippen molar-refractivity contribution in [1.82, 2.24) is 0 Å². The minimum absolute atomic E-state index is 0.0849. The first-order valence-corrected chi connectivity index (χ1v) is 10.7. The normalized spacial score (nSPS) is 49.9. The van der Waals surface area contributed by atoms with Gasteiger partial charge in [-0.05, 0) is 73.8 Å². The van der Waals surface area contributed by atoms with E-state index in [0.29, 0.717) is 11.2 Å². The maximum absolute atomic E-state index is 12.2. The van der Waals surface area contributed by atoms with E-state index in [1.54, 1.807) is 6.08 Å². The van der Waals surface area contributed by atoms with E-state index in [1.165, 1.54) is 31.3 Å². The Balaban J connectivity index is 1.68. The standard InChI is InChI=1S/C20H28O2S/c1-19-10-8-14(21)12-13(19)4-5-15-16-6-7-18(23(3)22)20(16,2)11-9-17(15)19/h8,10,12,15-18H,4-7,9,11H2,1-3H3/t15-,16-,17-,18-,19-,20-,23?/m0/s1. The molecule has 4 rings (SSSR count). The van der Waals surface area contributed by atoms with Crippen molar-refractivity contribution in [2.24, 2.45) is 28.6 Å². The molecule has 0 spiro atoms. The first-order valence-electron chi connectivity index (χ1n) is 9.13. The molecule has 0 N–H and O–H groups in total. The first kappa shape index (κ1) is 15.8. The summed E-state index contributed by atoms with van der Waals surface area (Å²) >= 11 is 0. The molecule has 2 nitrogen and oxygen atoms in total. The van der Waals surface area contributed by atoms with E-state index < -0.39 is 10.8 Å². The van der Waals surface area contributed by atoms with Crippen molar-refractivity contribution >= 4 is 16.6 Å². The van der Waals surface area contributed by atoms with Crippen molar-refractivity contribution in [2.45, 2.75) is 57.6 Å². The summed E-state index contributed by atoms with van der Waals surface area (Å²) in [6.07, 6.45) is 14.9. The minimum atomic E-state index is -0.704. The second kappa shape index (κ2) is 5.15. The maximum Gasteiger partial charge on any atom is 0.178 e. The molecule has 4 aliphatic carbocycles. The predicted octanol–water partition coefficient (Wildman–Crippen LogP) is 4.04. The fourth-order valence-corrected chi connectivity index (χ4v) is 8.21. The van der Waals surface area contributed by atoms with E-state index in [0.717, 1.165) is 24.7 Å². The zero-order valence-electron chi connectivity index (χ0n) is 14.5. The molecule has 3 saturated carbocycles. The molecule has 0 saturated heterocycles. The number of ketones is 1. The summed E-state index contributed by atoms with van der Waals surface area (Å²) < 4.78 is 12.2. The van der Waals surface area contributed by atoms with Gasteiger partial charge in [0.25, 0.3) is 0 Å². The molecule has 1 unspecified atom stereocenters. The van der Waals surface area contributed by atoms with Gasteiger partial charge < -0.3 is 0 Å². The molecule has 0 radical (unpaired) electrons. The topological polar surface area (TPSA) is 34.1 Å². The molecule has 0 aromatic heterocycles. The first-order chi connectivity index (χ1) is 10.9. The third-order valence-corrected chi connectivity index (χ3v) is 9.45. The molecule has 0 heterocycles. The van der Waals surface area contributed by atoms with E-state index >= 15 is 0 Å². The molecule has 4 aliphatic rings. The molecule has 0 aromatic carbocycles. The van der Waals surface area contributed by atoms with Gasteiger partial charge in [0.2, 0.25) is 0 Å². The van der Waals surface area contributed by atoms with Crippen molar-refractivity contribution in [3.63, 3.8) is 0 Å². The molecular formula is C20H28O2S. The van der Waals surface area contributed by atoms with Crippen LogP contribution in [0.2, 0.25) is 0 Å². The van der Waals surface area contributed by atoms with Gasteiger partial charge in [-0.2, -0.15) is 0 Å². The zero-order valence-corrected chi connectivity index (χ0v) is 15.3. The van der Waals surface area contributed by atoms with Crippen molar-refractivity contribution in [1.29, 1.82) is 0 Å². The average Bonchev–Trinajstić information content (AvgIpc) is 2.85. The van der Waals surface area contributed by atoms with E-state index in [2.05, 4.69) is 19.9 Å². The van der Waals surface area contributed by atoms with Gasteiger partial charge in [0.1, 0.15) is 0 Å². The van der Waals surface area contributed by atoms with Crippen LogP contribution in [0, 0.1) is 28.6 Å². The number of hydrogen-bond donors (Lipinski definition) is 0. The van der Waals surface area contributed by atoms with Gasteiger partial charge in [0, 0.05) is 27.7 Å². The SMILES string of the molecule is CS(=O)[C@H]1CC[C@H]2[C@@H]3CCC4=CC(=O)C=C[C@]4(C)[C@H]3CC[C@]12C. The molecule has 3 heteroatoms. The quantitative estimate of drug-likeness (QED) is 0.726. The Morgan fingerprint density at radius 2 is 1.91 bits per heavy atom. The summed E-state index contributed by atoms with van der Waals surface area (Å²) in [6.45, 7) is 4.77. The van der Waals surface area contributed by atoms with Crippen LogP contribution in [-0.2, 0) is 15.6 Å². The summed E-state index contributed by atoms with van der Waals surface area (Å²) in [5.41, 5.74) is 1.72. The zero-order chi connectivity index (χ0) is 16.4. The molecule has 23 heavy (non-hydrogen) atoms. The average molecular weight is 333 g/mol. The number of carbonyl (C=O) groups is 1. The molecule has 0 bridgehead atoms. The van der Waals surface area contributed by atoms with Crippen molar-refractivity contribution in [3.05, 3.63) is 23.8 Å². The number of rotatable bonds is 1. The molecule has 0 aromatic rings. The van der Waals surface area contributed by atoms with Crippen molar-refractivity contribution in [3.8, 4) is 0 Å². The Morgan fingerprint density at radius 1 is 1.13 bits per heavy atom. The fourth-order valence-electron chi connectivity index (χ4n) is 6.69. The Hall–Kier alpha value is -0.700. The molecular weight excluding hydrogens is 304 g/mol. The molecule has 0 amide bonds. The van der Waals surface area contributed by atoms with Crippen molar-refractivity contribution < 1.29 is 9.00 Å². The van der Waals surface area contributed by atoms with E-state index in [-0.39, 0.29) is 16.6 Å². The highest BCUT2D eigenvalue weighted by Gasteiger charge is 2.59. The second-order valence-electron chi connectivity index (χ2n) is 8.71. The highest BCUT2D eigenvalue weighted by atomic mass is 32.2. The monoisotopic (exact) mass is 332 g/mol. The van der Waals surface area contributed by atoms with Gasteiger partial charge in [-0.3, -0.25) is 9.00 Å². The Morgan fingerprint density at radius 3 is 2.65 bits per heavy atom. The number of carbonyl (C=O) groups excluding carboxylic acids is 1. The summed E-state index contributed by atoms with van der Waals surface area (Å²) in [5, 5.41) is 0.390. The van der Waals surface area contributed by atoms with Crippen LogP contribution in [0.5, 0.6) is 0 Å². The lowest BCUT2D eigenvalue weighted by Crippen LogP contribution is -2.50. The minimum Gasteiger partial charge on any atom is -0.290 e. The van der Waals surface area contributed by atoms with Gasteiger partial charge >= 0.3 is 0 Å². The molecule has 126 valence electrons. The fraction of sp³-hybridized carbons (Fsp3) is 0.750. The molecule has 0 aliphatic heterocycles. The molecule has 3 fully saturated rings. The largest absolute Gasteiger partial charge is 0.290 e. The van der Waals surface area contributed by atoms with E-state index in [4.69, 9.17) is 0 Å². The predicted molar refractivity (Wildman–Crippen MR) is 94.5 cm³/mol. The number of fused-ring (bicyclic) bond motifs is 5. The van der Waals surface area contributed by atoms with Gasteiger partial charge in [-0.1, -0.05) is 25.5 Å². The van der Waals surface area contributed by atoms with E-state index in [1.807, 2.05) is 12.3 Å². The summed E-state index contributed by atoms with van der Waals surface area (Å²) in [6, 6.07) is 0. The summed E-state index contributed by atoms with van der Waals surface area (Å²) in [7, 11) is -0.704. The lowest BCUT2D eigenvalue weighted by atomic mass is 9.48. The van der Waals surface area contributed by atoms with Crippen LogP contribution in [-0.4, -0.2) is 21.5 Å². The van der Waals surface area contributed by atoms with Gasteiger partial charge in [0.05, 0.1) is 0 Å². The molecule has 7 atom stereocenters.